The van der Waals surface area contributed by atoms with E-state index in [1.807, 2.05) is 25.4 Å². The number of hydrogen-bond donors (Lipinski definition) is 0. The molecular formula is C10H10N. The lowest BCUT2D eigenvalue weighted by Crippen LogP contribution is -1.81. The fourth-order valence-corrected chi connectivity index (χ4v) is 1.43. The molecule has 0 unspecified atom stereocenters. The van der Waals surface area contributed by atoms with Crippen molar-refractivity contribution in [3.05, 3.63) is 42.9 Å². The van der Waals surface area contributed by atoms with Gasteiger partial charge in [0.2, 0.25) is 0 Å². The summed E-state index contributed by atoms with van der Waals surface area (Å²) in [5, 5.41) is 1.25. The number of benzene rings is 1. The summed E-state index contributed by atoms with van der Waals surface area (Å²) in [5.41, 5.74) is 2.35. The Labute approximate surface area is 66.3 Å². The molecule has 1 nitrogen and oxygen atoms in total. The van der Waals surface area contributed by atoms with Crippen LogP contribution < -0.4 is 0 Å². The average molecular weight is 144 g/mol. The minimum atomic E-state index is 1.10. The Morgan fingerprint density at radius 3 is 2.73 bits per heavy atom. The van der Waals surface area contributed by atoms with Crippen LogP contribution in [0.2, 0.25) is 0 Å². The largest absolute Gasteiger partial charge is 0.350 e. The quantitative estimate of drug-likeness (QED) is 0.535. The summed E-state index contributed by atoms with van der Waals surface area (Å²) in [7, 11) is 2.04. The molecule has 55 valence electrons. The van der Waals surface area contributed by atoms with Crippen molar-refractivity contribution in [1.29, 1.82) is 0 Å². The van der Waals surface area contributed by atoms with Crippen LogP contribution in [0, 0.1) is 6.92 Å². The van der Waals surface area contributed by atoms with Crippen molar-refractivity contribution < 1.29 is 0 Å². The van der Waals surface area contributed by atoms with Crippen molar-refractivity contribution in [3.63, 3.8) is 0 Å². The molecule has 0 N–H and O–H groups in total. The van der Waals surface area contributed by atoms with Gasteiger partial charge in [0.15, 0.2) is 0 Å². The summed E-state index contributed by atoms with van der Waals surface area (Å²) in [5.74, 6) is 0. The van der Waals surface area contributed by atoms with Gasteiger partial charge in [-0.05, 0) is 18.6 Å². The van der Waals surface area contributed by atoms with Gasteiger partial charge < -0.3 is 4.57 Å². The molecule has 2 rings (SSSR count). The third-order valence-electron chi connectivity index (χ3n) is 1.98. The molecule has 1 heterocycles. The van der Waals surface area contributed by atoms with E-state index in [4.69, 9.17) is 0 Å². The fourth-order valence-electron chi connectivity index (χ4n) is 1.43. The van der Waals surface area contributed by atoms with Crippen molar-refractivity contribution in [2.75, 3.05) is 0 Å². The van der Waals surface area contributed by atoms with Gasteiger partial charge in [-0.15, -0.1) is 0 Å². The number of hydrogen-bond acceptors (Lipinski definition) is 0. The minimum Gasteiger partial charge on any atom is -0.350 e. The highest BCUT2D eigenvalue weighted by Gasteiger charge is 1.99. The Morgan fingerprint density at radius 2 is 2.00 bits per heavy atom. The van der Waals surface area contributed by atoms with Crippen LogP contribution >= 0.6 is 0 Å². The highest BCUT2D eigenvalue weighted by molar-refractivity contribution is 5.84. The van der Waals surface area contributed by atoms with E-state index in [0.29, 0.717) is 0 Å². The number of aromatic nitrogens is 1. The first-order chi connectivity index (χ1) is 5.29. The molecule has 1 radical (unpaired) electrons. The molecule has 0 saturated heterocycles. The predicted octanol–water partition coefficient (Wildman–Crippen LogP) is 2.36. The summed E-state index contributed by atoms with van der Waals surface area (Å²) in [6.07, 6.45) is 2.05. The second-order valence-corrected chi connectivity index (χ2v) is 2.78. The van der Waals surface area contributed by atoms with Crippen LogP contribution in [0.4, 0.5) is 0 Å². The molecule has 1 heteroatoms. The number of para-hydroxylation sites is 1. The van der Waals surface area contributed by atoms with E-state index < -0.39 is 0 Å². The van der Waals surface area contributed by atoms with Crippen molar-refractivity contribution in [3.8, 4) is 0 Å². The maximum absolute atomic E-state index is 3.95. The molecule has 0 fully saturated rings. The smallest absolute Gasteiger partial charge is 0.0480 e. The molecule has 0 bridgehead atoms. The fraction of sp³-hybridized carbons (Fsp3) is 0.100. The van der Waals surface area contributed by atoms with Gasteiger partial charge in [0.1, 0.15) is 0 Å². The molecule has 2 aromatic rings. The Balaban J connectivity index is 2.95. The number of rotatable bonds is 0. The molecule has 0 atom stereocenters. The maximum atomic E-state index is 3.95. The third kappa shape index (κ3) is 0.845. The minimum absolute atomic E-state index is 1.10. The van der Waals surface area contributed by atoms with E-state index in [2.05, 4.69) is 23.6 Å². The molecule has 1 aromatic heterocycles. The van der Waals surface area contributed by atoms with E-state index in [0.717, 1.165) is 5.56 Å². The molecule has 0 spiro atoms. The van der Waals surface area contributed by atoms with E-state index in [1.165, 1.54) is 10.9 Å². The average Bonchev–Trinajstić information content (AvgIpc) is 2.30. The molecule has 1 aromatic carbocycles. The van der Waals surface area contributed by atoms with E-state index in [1.54, 1.807) is 0 Å². The Morgan fingerprint density at radius 1 is 1.27 bits per heavy atom. The zero-order valence-corrected chi connectivity index (χ0v) is 6.54. The third-order valence-corrected chi connectivity index (χ3v) is 1.98. The van der Waals surface area contributed by atoms with Gasteiger partial charge >= 0.3 is 0 Å². The van der Waals surface area contributed by atoms with Gasteiger partial charge in [-0.25, -0.2) is 0 Å². The lowest BCUT2D eigenvalue weighted by molar-refractivity contribution is 0.967. The first-order valence-electron chi connectivity index (χ1n) is 3.65. The highest BCUT2D eigenvalue weighted by Crippen LogP contribution is 2.18. The molecule has 0 aliphatic heterocycles. The van der Waals surface area contributed by atoms with Crippen LogP contribution in [0.3, 0.4) is 0 Å². The van der Waals surface area contributed by atoms with Gasteiger partial charge in [-0.2, -0.15) is 0 Å². The van der Waals surface area contributed by atoms with E-state index in [9.17, 15) is 0 Å². The monoisotopic (exact) mass is 144 g/mol. The van der Waals surface area contributed by atoms with Crippen LogP contribution in [0.5, 0.6) is 0 Å². The van der Waals surface area contributed by atoms with Crippen LogP contribution in [0.25, 0.3) is 10.9 Å². The molecule has 11 heavy (non-hydrogen) atoms. The molecule has 0 saturated carbocycles. The van der Waals surface area contributed by atoms with Gasteiger partial charge in [-0.3, -0.25) is 0 Å². The maximum Gasteiger partial charge on any atom is 0.0480 e. The second-order valence-electron chi connectivity index (χ2n) is 2.78. The first kappa shape index (κ1) is 6.47. The van der Waals surface area contributed by atoms with Gasteiger partial charge in [-0.1, -0.05) is 18.2 Å². The zero-order chi connectivity index (χ0) is 7.84. The lowest BCUT2D eigenvalue weighted by atomic mass is 10.2. The summed E-state index contributed by atoms with van der Waals surface area (Å²) in [4.78, 5) is 0. The zero-order valence-electron chi connectivity index (χ0n) is 6.54. The number of fused-ring (bicyclic) bond motifs is 1. The Hall–Kier alpha value is -1.24. The van der Waals surface area contributed by atoms with Crippen LogP contribution in [0.1, 0.15) is 5.56 Å². The van der Waals surface area contributed by atoms with Crippen LogP contribution in [0.15, 0.2) is 30.5 Å². The van der Waals surface area contributed by atoms with Gasteiger partial charge in [0, 0.05) is 24.1 Å². The number of nitrogens with zero attached hydrogens (tertiary/aromatic N) is 1. The van der Waals surface area contributed by atoms with Crippen molar-refractivity contribution in [1.82, 2.24) is 4.57 Å². The van der Waals surface area contributed by atoms with Crippen molar-refractivity contribution in [2.45, 2.75) is 0 Å². The first-order valence-corrected chi connectivity index (χ1v) is 3.65. The van der Waals surface area contributed by atoms with E-state index >= 15 is 0 Å². The standard InChI is InChI=1S/C10H10N/c1-8-7-11(2)10-6-4-3-5-9(8)10/h3-7H,1H2,2H3. The topological polar surface area (TPSA) is 4.93 Å². The summed E-state index contributed by atoms with van der Waals surface area (Å²) < 4.78 is 2.09. The summed E-state index contributed by atoms with van der Waals surface area (Å²) >= 11 is 0. The van der Waals surface area contributed by atoms with Crippen LogP contribution in [-0.2, 0) is 7.05 Å². The summed E-state index contributed by atoms with van der Waals surface area (Å²) in [6, 6.07) is 8.28. The highest BCUT2D eigenvalue weighted by atomic mass is 14.9. The predicted molar refractivity (Wildman–Crippen MR) is 47.4 cm³/mol. The lowest BCUT2D eigenvalue weighted by Gasteiger charge is -1.92. The Kier molecular flexibility index (Phi) is 1.25. The second kappa shape index (κ2) is 2.12. The van der Waals surface area contributed by atoms with Gasteiger partial charge in [0.25, 0.3) is 0 Å². The Bertz CT molecular complexity index is 349. The van der Waals surface area contributed by atoms with Gasteiger partial charge in [0.05, 0.1) is 0 Å². The molecule has 0 aliphatic rings. The van der Waals surface area contributed by atoms with Crippen LogP contribution in [-0.4, -0.2) is 4.57 Å². The molecular weight excluding hydrogens is 134 g/mol. The summed E-state index contributed by atoms with van der Waals surface area (Å²) in [6.45, 7) is 3.95. The normalized spacial score (nSPS) is 10.7. The van der Waals surface area contributed by atoms with Crippen molar-refractivity contribution in [2.24, 2.45) is 7.05 Å². The van der Waals surface area contributed by atoms with Crippen molar-refractivity contribution >= 4 is 10.9 Å². The molecule has 0 aliphatic carbocycles. The van der Waals surface area contributed by atoms with E-state index in [-0.39, 0.29) is 0 Å². The molecule has 0 amide bonds. The SMILES string of the molecule is [CH2]c1cn(C)c2ccccc12. The number of aryl methyl sites for hydroxylation is 1.